The number of aromatic nitrogens is 2. The molecule has 0 aromatic carbocycles. The molecule has 0 spiro atoms. The Kier molecular flexibility index (Phi) is 4.13. The number of hydrogen-bond donors (Lipinski definition) is 0. The second-order valence-electron chi connectivity index (χ2n) is 3.19. The zero-order valence-electron chi connectivity index (χ0n) is 8.24. The van der Waals surface area contributed by atoms with Crippen LogP contribution in [0.1, 0.15) is 18.6 Å². The molecule has 0 fully saturated rings. The second-order valence-corrected chi connectivity index (χ2v) is 3.84. The fraction of sp³-hybridized carbons (Fsp3) is 0.556. The summed E-state index contributed by atoms with van der Waals surface area (Å²) in [5, 5.41) is 4.83. The Balaban J connectivity index is 2.48. The summed E-state index contributed by atoms with van der Waals surface area (Å²) < 4.78 is 6.63. The molecule has 1 rings (SSSR count). The van der Waals surface area contributed by atoms with Crippen LogP contribution in [0.25, 0.3) is 0 Å². The van der Waals surface area contributed by atoms with E-state index in [0.29, 0.717) is 18.4 Å². The Morgan fingerprint density at radius 1 is 1.79 bits per heavy atom. The normalized spacial score (nSPS) is 12.5. The summed E-state index contributed by atoms with van der Waals surface area (Å²) in [6, 6.07) is 1.68. The number of rotatable bonds is 4. The Morgan fingerprint density at radius 3 is 3.00 bits per heavy atom. The van der Waals surface area contributed by atoms with E-state index >= 15 is 0 Å². The number of nitrogens with zero attached hydrogens (tertiary/aromatic N) is 2. The molecule has 5 heteroatoms. The summed E-state index contributed by atoms with van der Waals surface area (Å²) >= 11 is 3.36. The van der Waals surface area contributed by atoms with Crippen molar-refractivity contribution in [2.75, 3.05) is 11.9 Å². The average molecular weight is 261 g/mol. The Morgan fingerprint density at radius 2 is 2.50 bits per heavy atom. The van der Waals surface area contributed by atoms with Crippen molar-refractivity contribution in [2.24, 2.45) is 5.92 Å². The molecular weight excluding hydrogens is 248 g/mol. The minimum absolute atomic E-state index is 0.117. The van der Waals surface area contributed by atoms with Gasteiger partial charge in [0.25, 0.3) is 0 Å². The number of alkyl halides is 1. The van der Waals surface area contributed by atoms with E-state index in [4.69, 9.17) is 4.74 Å². The molecule has 14 heavy (non-hydrogen) atoms. The first-order valence-corrected chi connectivity index (χ1v) is 5.51. The summed E-state index contributed by atoms with van der Waals surface area (Å²) in [7, 11) is 0. The highest BCUT2D eigenvalue weighted by molar-refractivity contribution is 9.09. The molecular formula is C9H13BrN2O2. The lowest BCUT2D eigenvalue weighted by molar-refractivity contribution is 0.0918. The third-order valence-electron chi connectivity index (χ3n) is 1.67. The van der Waals surface area contributed by atoms with E-state index in [9.17, 15) is 4.79 Å². The Bertz CT molecular complexity index is 312. The highest BCUT2D eigenvalue weighted by Gasteiger charge is 2.05. The minimum atomic E-state index is -0.117. The van der Waals surface area contributed by atoms with Gasteiger partial charge >= 0.3 is 0 Å². The molecule has 0 unspecified atom stereocenters. The minimum Gasteiger partial charge on any atom is -0.476 e. The third kappa shape index (κ3) is 3.14. The molecule has 1 aromatic rings. The molecule has 0 N–H and O–H groups in total. The zero-order chi connectivity index (χ0) is 10.6. The van der Waals surface area contributed by atoms with Gasteiger partial charge in [0.1, 0.15) is 0 Å². The molecule has 0 saturated carbocycles. The van der Waals surface area contributed by atoms with Crippen LogP contribution in [0.5, 0.6) is 5.88 Å². The lowest BCUT2D eigenvalue weighted by atomic mass is 10.2. The quantitative estimate of drug-likeness (QED) is 0.778. The van der Waals surface area contributed by atoms with E-state index in [0.717, 1.165) is 5.33 Å². The molecule has 1 heterocycles. The van der Waals surface area contributed by atoms with Gasteiger partial charge in [0, 0.05) is 24.5 Å². The molecule has 4 nitrogen and oxygen atoms in total. The number of ether oxygens (including phenoxy) is 1. The van der Waals surface area contributed by atoms with E-state index in [1.54, 1.807) is 12.3 Å². The molecule has 0 bridgehead atoms. The number of carbonyl (C=O) groups is 1. The highest BCUT2D eigenvalue weighted by atomic mass is 79.9. The smallest absolute Gasteiger partial charge is 0.243 e. The van der Waals surface area contributed by atoms with Crippen molar-refractivity contribution in [3.8, 4) is 5.88 Å². The number of carbonyl (C=O) groups excluding carboxylic acids is 1. The van der Waals surface area contributed by atoms with Crippen molar-refractivity contribution in [3.63, 3.8) is 0 Å². The van der Waals surface area contributed by atoms with Crippen LogP contribution < -0.4 is 4.74 Å². The molecule has 1 aromatic heterocycles. The molecule has 1 atom stereocenters. The Hall–Kier alpha value is -0.840. The van der Waals surface area contributed by atoms with Crippen LogP contribution in [0.3, 0.4) is 0 Å². The van der Waals surface area contributed by atoms with E-state index < -0.39 is 0 Å². The fourth-order valence-corrected chi connectivity index (χ4v) is 1.02. The molecule has 0 radical (unpaired) electrons. The van der Waals surface area contributed by atoms with Gasteiger partial charge in [-0.05, 0) is 5.92 Å². The monoisotopic (exact) mass is 260 g/mol. The first-order valence-electron chi connectivity index (χ1n) is 4.39. The molecule has 0 aliphatic heterocycles. The summed E-state index contributed by atoms with van der Waals surface area (Å²) in [4.78, 5) is 10.9. The predicted octanol–water partition coefficient (Wildman–Crippen LogP) is 1.95. The van der Waals surface area contributed by atoms with Crippen LogP contribution in [-0.4, -0.2) is 27.6 Å². The summed E-state index contributed by atoms with van der Waals surface area (Å²) in [5.74, 6) is 0.805. The van der Waals surface area contributed by atoms with Crippen molar-refractivity contribution < 1.29 is 9.53 Å². The van der Waals surface area contributed by atoms with E-state index in [2.05, 4.69) is 28.0 Å². The second kappa shape index (κ2) is 5.14. The lowest BCUT2D eigenvalue weighted by Gasteiger charge is -2.06. The standard InChI is InChI=1S/C9H13BrN2O2/c1-7(5-10)6-14-9-3-4-12(11-9)8(2)13/h3-4,7H,5-6H2,1-2H3/t7-/m0/s1. The largest absolute Gasteiger partial charge is 0.476 e. The zero-order valence-corrected chi connectivity index (χ0v) is 9.82. The van der Waals surface area contributed by atoms with Gasteiger partial charge in [-0.3, -0.25) is 4.79 Å². The van der Waals surface area contributed by atoms with Crippen molar-refractivity contribution in [1.29, 1.82) is 0 Å². The van der Waals surface area contributed by atoms with Crippen LogP contribution in [-0.2, 0) is 0 Å². The van der Waals surface area contributed by atoms with E-state index in [1.165, 1.54) is 11.6 Å². The van der Waals surface area contributed by atoms with Crippen molar-refractivity contribution >= 4 is 21.8 Å². The van der Waals surface area contributed by atoms with Gasteiger partial charge in [-0.15, -0.1) is 5.10 Å². The SMILES string of the molecule is CC(=O)n1ccc(OC[C@@H](C)CBr)n1. The van der Waals surface area contributed by atoms with Gasteiger partial charge in [0.2, 0.25) is 11.8 Å². The van der Waals surface area contributed by atoms with Crippen LogP contribution in [0.4, 0.5) is 0 Å². The maximum absolute atomic E-state index is 10.9. The van der Waals surface area contributed by atoms with Crippen molar-refractivity contribution in [3.05, 3.63) is 12.3 Å². The summed E-state index contributed by atoms with van der Waals surface area (Å²) in [6.07, 6.45) is 1.59. The Labute approximate surface area is 91.4 Å². The maximum Gasteiger partial charge on any atom is 0.243 e. The van der Waals surface area contributed by atoms with Gasteiger partial charge in [-0.1, -0.05) is 22.9 Å². The van der Waals surface area contributed by atoms with Crippen LogP contribution in [0.2, 0.25) is 0 Å². The van der Waals surface area contributed by atoms with Gasteiger partial charge in [-0.2, -0.15) is 0 Å². The lowest BCUT2D eigenvalue weighted by Crippen LogP contribution is -2.11. The molecule has 0 aliphatic carbocycles. The van der Waals surface area contributed by atoms with Crippen molar-refractivity contribution in [2.45, 2.75) is 13.8 Å². The van der Waals surface area contributed by atoms with Gasteiger partial charge in [-0.25, -0.2) is 4.68 Å². The summed E-state index contributed by atoms with van der Waals surface area (Å²) in [5.41, 5.74) is 0. The molecule has 0 aliphatic rings. The number of hydrogen-bond acceptors (Lipinski definition) is 3. The molecule has 78 valence electrons. The average Bonchev–Trinajstić information content (AvgIpc) is 2.62. The maximum atomic E-state index is 10.9. The van der Waals surface area contributed by atoms with E-state index in [1.807, 2.05) is 0 Å². The van der Waals surface area contributed by atoms with Gasteiger partial charge < -0.3 is 4.74 Å². The first-order chi connectivity index (χ1) is 6.63. The van der Waals surface area contributed by atoms with Crippen LogP contribution in [0.15, 0.2) is 12.3 Å². The molecule has 0 amide bonds. The van der Waals surface area contributed by atoms with Crippen LogP contribution in [0, 0.1) is 5.92 Å². The highest BCUT2D eigenvalue weighted by Crippen LogP contribution is 2.08. The van der Waals surface area contributed by atoms with Crippen molar-refractivity contribution in [1.82, 2.24) is 9.78 Å². The first kappa shape index (κ1) is 11.2. The van der Waals surface area contributed by atoms with Gasteiger partial charge in [0.05, 0.1) is 6.61 Å². The number of halogens is 1. The molecule has 0 saturated heterocycles. The fourth-order valence-electron chi connectivity index (χ4n) is 0.832. The third-order valence-corrected chi connectivity index (χ3v) is 2.77. The van der Waals surface area contributed by atoms with Gasteiger partial charge in [0.15, 0.2) is 0 Å². The van der Waals surface area contributed by atoms with Crippen LogP contribution >= 0.6 is 15.9 Å². The predicted molar refractivity (Wildman–Crippen MR) is 57.0 cm³/mol. The van der Waals surface area contributed by atoms with E-state index in [-0.39, 0.29) is 5.91 Å². The summed E-state index contributed by atoms with van der Waals surface area (Å²) in [6.45, 7) is 4.12. The topological polar surface area (TPSA) is 44.1 Å².